The van der Waals surface area contributed by atoms with E-state index in [9.17, 15) is 14.9 Å². The highest BCUT2D eigenvalue weighted by atomic mass is 32.2. The van der Waals surface area contributed by atoms with Gasteiger partial charge in [-0.25, -0.2) is 9.78 Å². The van der Waals surface area contributed by atoms with Crippen LogP contribution in [0.4, 0.5) is 5.69 Å². The van der Waals surface area contributed by atoms with E-state index in [4.69, 9.17) is 9.52 Å². The minimum atomic E-state index is -1.15. The first kappa shape index (κ1) is 13.1. The fraction of sp³-hybridized carbons (Fsp3) is 0.0909. The van der Waals surface area contributed by atoms with Crippen LogP contribution in [0.3, 0.4) is 0 Å². The Morgan fingerprint density at radius 3 is 2.68 bits per heavy atom. The van der Waals surface area contributed by atoms with Crippen LogP contribution in [-0.2, 0) is 0 Å². The molecular formula is C11H8N2O5S. The molecular weight excluding hydrogens is 272 g/mol. The average molecular weight is 280 g/mol. The summed E-state index contributed by atoms with van der Waals surface area (Å²) in [6, 6.07) is 5.68. The van der Waals surface area contributed by atoms with Gasteiger partial charge in [-0.2, -0.15) is 0 Å². The third-order valence-electron chi connectivity index (χ3n) is 2.23. The van der Waals surface area contributed by atoms with Crippen molar-refractivity contribution in [1.29, 1.82) is 0 Å². The van der Waals surface area contributed by atoms with E-state index in [1.54, 1.807) is 0 Å². The van der Waals surface area contributed by atoms with E-state index >= 15 is 0 Å². The first-order valence-corrected chi connectivity index (χ1v) is 5.92. The van der Waals surface area contributed by atoms with E-state index in [1.165, 1.54) is 31.2 Å². The molecule has 19 heavy (non-hydrogen) atoms. The topological polar surface area (TPSA) is 106 Å². The predicted octanol–water partition coefficient (Wildman–Crippen LogP) is 2.74. The molecule has 2 heterocycles. The molecule has 0 fully saturated rings. The zero-order valence-electron chi connectivity index (χ0n) is 9.69. The maximum atomic E-state index is 10.6. The fourth-order valence-corrected chi connectivity index (χ4v) is 2.17. The molecule has 0 atom stereocenters. The highest BCUT2D eigenvalue weighted by Crippen LogP contribution is 2.29. The van der Waals surface area contributed by atoms with Gasteiger partial charge in [-0.1, -0.05) is 0 Å². The summed E-state index contributed by atoms with van der Waals surface area (Å²) in [5, 5.41) is 20.2. The quantitative estimate of drug-likeness (QED) is 0.677. The van der Waals surface area contributed by atoms with Crippen LogP contribution >= 0.6 is 11.8 Å². The number of carboxylic acid groups (broad SMARTS) is 1. The molecule has 2 rings (SSSR count). The van der Waals surface area contributed by atoms with Crippen molar-refractivity contribution in [2.75, 3.05) is 0 Å². The maximum absolute atomic E-state index is 10.6. The highest BCUT2D eigenvalue weighted by molar-refractivity contribution is 7.99. The van der Waals surface area contributed by atoms with Crippen LogP contribution in [0.5, 0.6) is 0 Å². The van der Waals surface area contributed by atoms with E-state index in [-0.39, 0.29) is 11.4 Å². The molecule has 0 radical (unpaired) electrons. The lowest BCUT2D eigenvalue weighted by atomic mass is 10.3. The molecule has 98 valence electrons. The first-order chi connectivity index (χ1) is 8.97. The summed E-state index contributed by atoms with van der Waals surface area (Å²) in [5.74, 6) is -1.32. The summed E-state index contributed by atoms with van der Waals surface area (Å²) in [5.41, 5.74) is 0.232. The normalized spacial score (nSPS) is 10.4. The van der Waals surface area contributed by atoms with Crippen molar-refractivity contribution in [3.8, 4) is 0 Å². The molecule has 0 saturated heterocycles. The summed E-state index contributed by atoms with van der Waals surface area (Å²) < 4.78 is 5.06. The Morgan fingerprint density at radius 1 is 1.42 bits per heavy atom. The van der Waals surface area contributed by atoms with Crippen molar-refractivity contribution in [2.45, 2.75) is 17.0 Å². The van der Waals surface area contributed by atoms with Crippen molar-refractivity contribution in [1.82, 2.24) is 4.98 Å². The Morgan fingerprint density at radius 2 is 2.16 bits per heavy atom. The Kier molecular flexibility index (Phi) is 3.52. The Balaban J connectivity index is 2.21. The number of carbonyl (C=O) groups is 1. The van der Waals surface area contributed by atoms with Crippen molar-refractivity contribution < 1.29 is 19.2 Å². The zero-order chi connectivity index (χ0) is 14.0. The summed E-state index contributed by atoms with van der Waals surface area (Å²) in [7, 11) is 0. The number of aromatic carboxylic acids is 1. The Labute approximate surface area is 111 Å². The Bertz CT molecular complexity index is 652. The van der Waals surface area contributed by atoms with Gasteiger partial charge in [0.2, 0.25) is 5.76 Å². The largest absolute Gasteiger partial charge is 0.475 e. The van der Waals surface area contributed by atoms with Gasteiger partial charge < -0.3 is 9.52 Å². The molecule has 0 aliphatic carbocycles. The molecule has 2 aromatic rings. The predicted molar refractivity (Wildman–Crippen MR) is 65.4 cm³/mol. The van der Waals surface area contributed by atoms with Crippen LogP contribution in [0.2, 0.25) is 0 Å². The van der Waals surface area contributed by atoms with Crippen molar-refractivity contribution in [3.05, 3.63) is 45.8 Å². The number of carboxylic acids is 1. The summed E-state index contributed by atoms with van der Waals surface area (Å²) >= 11 is 1.10. The van der Waals surface area contributed by atoms with Gasteiger partial charge in [0.05, 0.1) is 4.92 Å². The second kappa shape index (κ2) is 5.11. The van der Waals surface area contributed by atoms with Gasteiger partial charge in [0, 0.05) is 6.07 Å². The van der Waals surface area contributed by atoms with Gasteiger partial charge in [0.1, 0.15) is 10.7 Å². The number of pyridine rings is 1. The molecule has 0 unspecified atom stereocenters. The number of hydrogen-bond acceptors (Lipinski definition) is 6. The molecule has 1 N–H and O–H groups in total. The fourth-order valence-electron chi connectivity index (χ4n) is 1.37. The van der Waals surface area contributed by atoms with Crippen molar-refractivity contribution >= 4 is 23.4 Å². The SMILES string of the molecule is Cc1nc(Sc2ccc(C(=O)O)o2)ccc1[N+](=O)[O-]. The number of aryl methyl sites for hydroxylation is 1. The van der Waals surface area contributed by atoms with Gasteiger partial charge in [-0.15, -0.1) is 0 Å². The number of hydrogen-bond donors (Lipinski definition) is 1. The smallest absolute Gasteiger partial charge is 0.371 e. The maximum Gasteiger partial charge on any atom is 0.371 e. The second-order valence-corrected chi connectivity index (χ2v) is 4.56. The van der Waals surface area contributed by atoms with E-state index in [1.807, 2.05) is 0 Å². The van der Waals surface area contributed by atoms with Crippen LogP contribution in [-0.4, -0.2) is 21.0 Å². The minimum Gasteiger partial charge on any atom is -0.475 e. The molecule has 0 amide bonds. The van der Waals surface area contributed by atoms with E-state index in [2.05, 4.69) is 4.98 Å². The van der Waals surface area contributed by atoms with Gasteiger partial charge in [-0.3, -0.25) is 10.1 Å². The Hall–Kier alpha value is -2.35. The second-order valence-electron chi connectivity index (χ2n) is 3.54. The molecule has 0 bridgehead atoms. The van der Waals surface area contributed by atoms with Crippen molar-refractivity contribution in [2.24, 2.45) is 0 Å². The van der Waals surface area contributed by atoms with Crippen LogP contribution in [0.15, 0.2) is 38.8 Å². The molecule has 7 nitrogen and oxygen atoms in total. The minimum absolute atomic E-state index is 0.0602. The molecule has 2 aromatic heterocycles. The lowest BCUT2D eigenvalue weighted by Crippen LogP contribution is -1.94. The lowest BCUT2D eigenvalue weighted by Gasteiger charge is -2.00. The van der Waals surface area contributed by atoms with E-state index in [0.29, 0.717) is 15.8 Å². The van der Waals surface area contributed by atoms with Gasteiger partial charge in [0.15, 0.2) is 5.09 Å². The zero-order valence-corrected chi connectivity index (χ0v) is 10.5. The van der Waals surface area contributed by atoms with Crippen LogP contribution in [0.25, 0.3) is 0 Å². The number of furan rings is 1. The van der Waals surface area contributed by atoms with E-state index in [0.717, 1.165) is 11.8 Å². The van der Waals surface area contributed by atoms with Gasteiger partial charge >= 0.3 is 5.97 Å². The molecule has 8 heteroatoms. The molecule has 0 aliphatic heterocycles. The number of nitrogens with zero attached hydrogens (tertiary/aromatic N) is 2. The molecule has 0 saturated carbocycles. The third-order valence-corrected chi connectivity index (χ3v) is 3.08. The number of rotatable bonds is 4. The third kappa shape index (κ3) is 2.91. The summed E-state index contributed by atoms with van der Waals surface area (Å²) in [6.07, 6.45) is 0. The summed E-state index contributed by atoms with van der Waals surface area (Å²) in [6.45, 7) is 1.53. The first-order valence-electron chi connectivity index (χ1n) is 5.10. The van der Waals surface area contributed by atoms with Crippen molar-refractivity contribution in [3.63, 3.8) is 0 Å². The highest BCUT2D eigenvalue weighted by Gasteiger charge is 2.14. The molecule has 0 aliphatic rings. The number of aromatic nitrogens is 1. The van der Waals surface area contributed by atoms with Crippen LogP contribution in [0, 0.1) is 17.0 Å². The number of nitro groups is 1. The molecule has 0 aromatic carbocycles. The van der Waals surface area contributed by atoms with Gasteiger partial charge in [0.25, 0.3) is 5.69 Å². The van der Waals surface area contributed by atoms with E-state index < -0.39 is 10.9 Å². The molecule has 0 spiro atoms. The average Bonchev–Trinajstić information content (AvgIpc) is 2.77. The lowest BCUT2D eigenvalue weighted by molar-refractivity contribution is -0.385. The van der Waals surface area contributed by atoms with Crippen LogP contribution in [0.1, 0.15) is 16.2 Å². The standard InChI is InChI=1S/C11H8N2O5S/c1-6-7(13(16)17)2-4-9(12-6)19-10-5-3-8(18-10)11(14)15/h2-5H,1H3,(H,14,15). The van der Waals surface area contributed by atoms with Gasteiger partial charge in [-0.05, 0) is 36.9 Å². The summed E-state index contributed by atoms with van der Waals surface area (Å²) in [4.78, 5) is 24.8. The monoisotopic (exact) mass is 280 g/mol. The van der Waals surface area contributed by atoms with Crippen LogP contribution < -0.4 is 0 Å².